The minimum Gasteiger partial charge on any atom is -0.478 e. The Kier molecular flexibility index (Phi) is 4.47. The van der Waals surface area contributed by atoms with E-state index in [0.29, 0.717) is 24.5 Å². The second-order valence-corrected chi connectivity index (χ2v) is 4.99. The van der Waals surface area contributed by atoms with Gasteiger partial charge < -0.3 is 16.2 Å². The maximum Gasteiger partial charge on any atom is 0.335 e. The van der Waals surface area contributed by atoms with Crippen LogP contribution in [0.5, 0.6) is 0 Å². The first-order valence-electron chi connectivity index (χ1n) is 6.04. The SMILES string of the molecule is CCc1cc(C(=O)O)cc(NCC(C)(C)C(N)=O)n1. The maximum atomic E-state index is 11.2. The highest BCUT2D eigenvalue weighted by molar-refractivity contribution is 5.88. The van der Waals surface area contributed by atoms with Crippen LogP contribution in [0.25, 0.3) is 0 Å². The summed E-state index contributed by atoms with van der Waals surface area (Å²) in [5.41, 5.74) is 5.40. The average Bonchev–Trinajstić information content (AvgIpc) is 2.35. The fourth-order valence-corrected chi connectivity index (χ4v) is 1.38. The van der Waals surface area contributed by atoms with Gasteiger partial charge in [0.15, 0.2) is 0 Å². The van der Waals surface area contributed by atoms with Crippen molar-refractivity contribution in [2.24, 2.45) is 11.1 Å². The van der Waals surface area contributed by atoms with E-state index in [0.717, 1.165) is 0 Å². The number of nitrogens with zero attached hydrogens (tertiary/aromatic N) is 1. The predicted molar refractivity (Wildman–Crippen MR) is 72.0 cm³/mol. The van der Waals surface area contributed by atoms with E-state index in [1.807, 2.05) is 6.92 Å². The van der Waals surface area contributed by atoms with Crippen molar-refractivity contribution in [3.05, 3.63) is 23.4 Å². The number of primary amides is 1. The van der Waals surface area contributed by atoms with E-state index in [1.54, 1.807) is 13.8 Å². The molecule has 1 aromatic heterocycles. The summed E-state index contributed by atoms with van der Waals surface area (Å²) in [6.07, 6.45) is 0.634. The standard InChI is InChI=1S/C13H19N3O3/c1-4-9-5-8(11(17)18)6-10(16-9)15-7-13(2,3)12(14)19/h5-6H,4,7H2,1-3H3,(H2,14,19)(H,15,16)(H,17,18). The van der Waals surface area contributed by atoms with E-state index in [4.69, 9.17) is 10.8 Å². The number of hydrogen-bond donors (Lipinski definition) is 3. The number of aromatic carboxylic acids is 1. The van der Waals surface area contributed by atoms with Crippen LogP contribution in [0.15, 0.2) is 12.1 Å². The molecule has 0 atom stereocenters. The van der Waals surface area contributed by atoms with Crippen LogP contribution in [0.3, 0.4) is 0 Å². The molecule has 0 aliphatic heterocycles. The Bertz CT molecular complexity index is 498. The molecule has 1 heterocycles. The Morgan fingerprint density at radius 3 is 2.53 bits per heavy atom. The summed E-state index contributed by atoms with van der Waals surface area (Å²) >= 11 is 0. The number of hydrogen-bond acceptors (Lipinski definition) is 4. The lowest BCUT2D eigenvalue weighted by molar-refractivity contribution is -0.125. The lowest BCUT2D eigenvalue weighted by Gasteiger charge is -2.21. The van der Waals surface area contributed by atoms with Crippen LogP contribution >= 0.6 is 0 Å². The minimum absolute atomic E-state index is 0.172. The van der Waals surface area contributed by atoms with Gasteiger partial charge in [0.2, 0.25) is 5.91 Å². The highest BCUT2D eigenvalue weighted by Crippen LogP contribution is 2.17. The summed E-state index contributed by atoms with van der Waals surface area (Å²) < 4.78 is 0. The number of nitrogens with two attached hydrogens (primary N) is 1. The highest BCUT2D eigenvalue weighted by Gasteiger charge is 2.24. The van der Waals surface area contributed by atoms with Gasteiger partial charge in [0.05, 0.1) is 11.0 Å². The third-order valence-corrected chi connectivity index (χ3v) is 2.87. The van der Waals surface area contributed by atoms with Crippen molar-refractivity contribution in [1.29, 1.82) is 0 Å². The Morgan fingerprint density at radius 2 is 2.05 bits per heavy atom. The van der Waals surface area contributed by atoms with Crippen molar-refractivity contribution in [2.45, 2.75) is 27.2 Å². The van der Waals surface area contributed by atoms with Gasteiger partial charge in [0.25, 0.3) is 0 Å². The molecule has 1 amide bonds. The van der Waals surface area contributed by atoms with Gasteiger partial charge in [-0.05, 0) is 32.4 Å². The molecule has 0 spiro atoms. The molecule has 0 fully saturated rings. The van der Waals surface area contributed by atoms with Crippen molar-refractivity contribution in [3.8, 4) is 0 Å². The summed E-state index contributed by atoms with van der Waals surface area (Å²) in [5, 5.41) is 12.0. The second kappa shape index (κ2) is 5.69. The molecule has 4 N–H and O–H groups in total. The van der Waals surface area contributed by atoms with Crippen molar-refractivity contribution in [1.82, 2.24) is 4.98 Å². The van der Waals surface area contributed by atoms with E-state index in [9.17, 15) is 9.59 Å². The first kappa shape index (κ1) is 14.9. The van der Waals surface area contributed by atoms with Crippen molar-refractivity contribution >= 4 is 17.7 Å². The summed E-state index contributed by atoms with van der Waals surface area (Å²) in [6.45, 7) is 5.61. The zero-order chi connectivity index (χ0) is 14.6. The molecular weight excluding hydrogens is 246 g/mol. The summed E-state index contributed by atoms with van der Waals surface area (Å²) in [5.74, 6) is -0.995. The number of aryl methyl sites for hydroxylation is 1. The summed E-state index contributed by atoms with van der Waals surface area (Å²) in [6, 6.07) is 2.98. The van der Waals surface area contributed by atoms with Gasteiger partial charge in [-0.15, -0.1) is 0 Å². The Hall–Kier alpha value is -2.11. The summed E-state index contributed by atoms with van der Waals surface area (Å²) in [7, 11) is 0. The summed E-state index contributed by atoms with van der Waals surface area (Å²) in [4.78, 5) is 26.5. The van der Waals surface area contributed by atoms with Crippen LogP contribution < -0.4 is 11.1 Å². The number of aromatic nitrogens is 1. The number of carbonyl (C=O) groups excluding carboxylic acids is 1. The van der Waals surface area contributed by atoms with E-state index in [2.05, 4.69) is 10.3 Å². The molecule has 0 unspecified atom stereocenters. The number of carboxylic acids is 1. The van der Waals surface area contributed by atoms with Gasteiger partial charge in [-0.25, -0.2) is 9.78 Å². The lowest BCUT2D eigenvalue weighted by Crippen LogP contribution is -2.37. The topological polar surface area (TPSA) is 105 Å². The number of pyridine rings is 1. The largest absolute Gasteiger partial charge is 0.478 e. The molecule has 0 aromatic carbocycles. The van der Waals surface area contributed by atoms with Crippen LogP contribution in [-0.2, 0) is 11.2 Å². The van der Waals surface area contributed by atoms with Crippen LogP contribution in [0.4, 0.5) is 5.82 Å². The van der Waals surface area contributed by atoms with E-state index in [1.165, 1.54) is 12.1 Å². The van der Waals surface area contributed by atoms with Gasteiger partial charge in [0, 0.05) is 12.2 Å². The van der Waals surface area contributed by atoms with Crippen molar-refractivity contribution in [2.75, 3.05) is 11.9 Å². The third kappa shape index (κ3) is 3.94. The predicted octanol–water partition coefficient (Wildman–Crippen LogP) is 1.27. The molecule has 19 heavy (non-hydrogen) atoms. The Labute approximate surface area is 112 Å². The first-order valence-corrected chi connectivity index (χ1v) is 6.04. The number of anilines is 1. The molecule has 6 heteroatoms. The minimum atomic E-state index is -1.01. The quantitative estimate of drug-likeness (QED) is 0.718. The van der Waals surface area contributed by atoms with Crippen molar-refractivity contribution in [3.63, 3.8) is 0 Å². The van der Waals surface area contributed by atoms with Gasteiger partial charge in [-0.1, -0.05) is 6.92 Å². The molecule has 0 bridgehead atoms. The van der Waals surface area contributed by atoms with Gasteiger partial charge in [0.1, 0.15) is 5.82 Å². The number of carbonyl (C=O) groups is 2. The molecular formula is C13H19N3O3. The Morgan fingerprint density at radius 1 is 1.42 bits per heavy atom. The lowest BCUT2D eigenvalue weighted by atomic mass is 9.93. The van der Waals surface area contributed by atoms with E-state index < -0.39 is 17.3 Å². The molecule has 1 aromatic rings. The van der Waals surface area contributed by atoms with Crippen LogP contribution in [-0.4, -0.2) is 28.5 Å². The van der Waals surface area contributed by atoms with Gasteiger partial charge in [-0.2, -0.15) is 0 Å². The second-order valence-electron chi connectivity index (χ2n) is 4.99. The molecule has 0 radical (unpaired) electrons. The molecule has 0 aliphatic carbocycles. The van der Waals surface area contributed by atoms with Crippen LogP contribution in [0, 0.1) is 5.41 Å². The number of rotatable bonds is 6. The highest BCUT2D eigenvalue weighted by atomic mass is 16.4. The zero-order valence-corrected chi connectivity index (χ0v) is 11.4. The zero-order valence-electron chi connectivity index (χ0n) is 11.4. The molecule has 1 rings (SSSR count). The molecule has 104 valence electrons. The molecule has 0 aliphatic rings. The molecule has 0 saturated heterocycles. The first-order chi connectivity index (χ1) is 8.76. The molecule has 6 nitrogen and oxygen atoms in total. The number of carboxylic acid groups (broad SMARTS) is 1. The van der Waals surface area contributed by atoms with Gasteiger partial charge in [-0.3, -0.25) is 4.79 Å². The smallest absolute Gasteiger partial charge is 0.335 e. The maximum absolute atomic E-state index is 11.2. The van der Waals surface area contributed by atoms with Crippen LogP contribution in [0.2, 0.25) is 0 Å². The molecule has 0 saturated carbocycles. The van der Waals surface area contributed by atoms with E-state index in [-0.39, 0.29) is 5.56 Å². The normalized spacial score (nSPS) is 11.1. The number of nitrogens with one attached hydrogen (secondary N) is 1. The van der Waals surface area contributed by atoms with Gasteiger partial charge >= 0.3 is 5.97 Å². The van der Waals surface area contributed by atoms with Crippen LogP contribution in [0.1, 0.15) is 36.8 Å². The fourth-order valence-electron chi connectivity index (χ4n) is 1.38. The average molecular weight is 265 g/mol. The fraction of sp³-hybridized carbons (Fsp3) is 0.462. The Balaban J connectivity index is 2.92. The number of amides is 1. The van der Waals surface area contributed by atoms with E-state index >= 15 is 0 Å². The monoisotopic (exact) mass is 265 g/mol. The third-order valence-electron chi connectivity index (χ3n) is 2.87. The van der Waals surface area contributed by atoms with Crippen molar-refractivity contribution < 1.29 is 14.7 Å².